The summed E-state index contributed by atoms with van der Waals surface area (Å²) < 4.78 is 12.0. The summed E-state index contributed by atoms with van der Waals surface area (Å²) in [5.74, 6) is 0.283. The minimum atomic E-state index is -0.775. The molecule has 1 saturated heterocycles. The Labute approximate surface area is 225 Å². The molecule has 2 aromatic carbocycles. The van der Waals surface area contributed by atoms with Gasteiger partial charge in [-0.1, -0.05) is 31.2 Å². The Morgan fingerprint density at radius 1 is 1.18 bits per heavy atom. The summed E-state index contributed by atoms with van der Waals surface area (Å²) in [5.41, 5.74) is 7.10. The Morgan fingerprint density at radius 2 is 2.00 bits per heavy atom. The number of fused-ring (bicyclic) bond motifs is 1. The first-order chi connectivity index (χ1) is 18.2. The van der Waals surface area contributed by atoms with Gasteiger partial charge in [0.05, 0.1) is 13.0 Å². The molecule has 0 spiro atoms. The van der Waals surface area contributed by atoms with E-state index in [1.165, 1.54) is 29.5 Å². The number of aromatic nitrogens is 1. The van der Waals surface area contributed by atoms with Crippen molar-refractivity contribution >= 4 is 5.97 Å². The average molecular weight is 515 g/mol. The number of aliphatic carboxylic acids is 1. The van der Waals surface area contributed by atoms with Crippen molar-refractivity contribution in [3.63, 3.8) is 0 Å². The monoisotopic (exact) mass is 514 g/mol. The zero-order valence-electron chi connectivity index (χ0n) is 22.9. The van der Waals surface area contributed by atoms with E-state index in [0.717, 1.165) is 48.4 Å². The third-order valence-electron chi connectivity index (χ3n) is 8.24. The van der Waals surface area contributed by atoms with Crippen LogP contribution >= 0.6 is 0 Å². The van der Waals surface area contributed by atoms with Gasteiger partial charge in [0.1, 0.15) is 11.9 Å². The second-order valence-corrected chi connectivity index (χ2v) is 11.4. The molecule has 1 N–H and O–H groups in total. The number of ether oxygens (including phenoxy) is 2. The van der Waals surface area contributed by atoms with Gasteiger partial charge in [0.25, 0.3) is 0 Å². The quantitative estimate of drug-likeness (QED) is 0.372. The molecule has 2 atom stereocenters. The molecule has 1 fully saturated rings. The van der Waals surface area contributed by atoms with Crippen LogP contribution < -0.4 is 9.47 Å². The van der Waals surface area contributed by atoms with Gasteiger partial charge in [-0.2, -0.15) is 0 Å². The van der Waals surface area contributed by atoms with E-state index >= 15 is 0 Å². The predicted octanol–water partition coefficient (Wildman–Crippen LogP) is 6.46. The number of carbonyl (C=O) groups is 1. The zero-order chi connectivity index (χ0) is 26.9. The van der Waals surface area contributed by atoms with Gasteiger partial charge in [-0.25, -0.2) is 4.98 Å². The predicted molar refractivity (Wildman–Crippen MR) is 149 cm³/mol. The SMILES string of the molecule is COc1cc(-c2ccc(C3CCc4ccc(CC(C)C(=O)O)cc4O3)c(CN3CCCC3(C)C)c2)ccn1. The average Bonchev–Trinajstić information content (AvgIpc) is 3.25. The fraction of sp³-hybridized carbons (Fsp3) is 0.438. The van der Waals surface area contributed by atoms with E-state index in [1.54, 1.807) is 20.2 Å². The molecule has 0 bridgehead atoms. The first-order valence-electron chi connectivity index (χ1n) is 13.6. The van der Waals surface area contributed by atoms with Gasteiger partial charge in [-0.05, 0) is 104 Å². The van der Waals surface area contributed by atoms with E-state index in [0.29, 0.717) is 12.3 Å². The molecule has 6 heteroatoms. The van der Waals surface area contributed by atoms with Gasteiger partial charge in [0.15, 0.2) is 0 Å². The normalized spacial score (nSPS) is 19.4. The van der Waals surface area contributed by atoms with Gasteiger partial charge in [-0.3, -0.25) is 9.69 Å². The number of hydrogen-bond donors (Lipinski definition) is 1. The van der Waals surface area contributed by atoms with Crippen LogP contribution in [0.2, 0.25) is 0 Å². The van der Waals surface area contributed by atoms with Crippen LogP contribution in [0.1, 0.15) is 68.4 Å². The molecular weight excluding hydrogens is 476 g/mol. The van der Waals surface area contributed by atoms with Crippen LogP contribution in [-0.2, 0) is 24.2 Å². The second kappa shape index (κ2) is 10.8. The van der Waals surface area contributed by atoms with Crippen molar-refractivity contribution in [2.45, 2.75) is 71.1 Å². The highest BCUT2D eigenvalue weighted by Crippen LogP contribution is 2.39. The van der Waals surface area contributed by atoms with Gasteiger partial charge < -0.3 is 14.6 Å². The minimum absolute atomic E-state index is 0.0450. The lowest BCUT2D eigenvalue weighted by Crippen LogP contribution is -2.37. The molecule has 2 aliphatic heterocycles. The Hall–Kier alpha value is -3.38. The van der Waals surface area contributed by atoms with Gasteiger partial charge in [-0.15, -0.1) is 0 Å². The summed E-state index contributed by atoms with van der Waals surface area (Å²) in [7, 11) is 1.64. The number of pyridine rings is 1. The van der Waals surface area contributed by atoms with E-state index in [4.69, 9.17) is 9.47 Å². The maximum Gasteiger partial charge on any atom is 0.306 e. The number of aryl methyl sites for hydroxylation is 1. The fourth-order valence-electron chi connectivity index (χ4n) is 5.80. The lowest BCUT2D eigenvalue weighted by atomic mass is 9.90. The smallest absolute Gasteiger partial charge is 0.306 e. The van der Waals surface area contributed by atoms with Crippen molar-refractivity contribution in [2.75, 3.05) is 13.7 Å². The van der Waals surface area contributed by atoms with E-state index in [9.17, 15) is 9.90 Å². The molecule has 0 amide bonds. The topological polar surface area (TPSA) is 71.9 Å². The molecule has 2 unspecified atom stereocenters. The molecule has 200 valence electrons. The number of carboxylic acid groups (broad SMARTS) is 1. The number of methoxy groups -OCH3 is 1. The maximum atomic E-state index is 11.4. The van der Waals surface area contributed by atoms with Crippen LogP contribution in [0.3, 0.4) is 0 Å². The highest BCUT2D eigenvalue weighted by molar-refractivity contribution is 5.70. The van der Waals surface area contributed by atoms with Crippen molar-refractivity contribution in [3.8, 4) is 22.8 Å². The molecular formula is C32H38N2O4. The van der Waals surface area contributed by atoms with Crippen molar-refractivity contribution in [1.29, 1.82) is 0 Å². The number of hydrogen-bond acceptors (Lipinski definition) is 5. The molecule has 6 nitrogen and oxygen atoms in total. The highest BCUT2D eigenvalue weighted by Gasteiger charge is 2.33. The van der Waals surface area contributed by atoms with E-state index in [1.807, 2.05) is 24.3 Å². The lowest BCUT2D eigenvalue weighted by molar-refractivity contribution is -0.141. The third-order valence-corrected chi connectivity index (χ3v) is 8.24. The van der Waals surface area contributed by atoms with E-state index in [-0.39, 0.29) is 11.6 Å². The lowest BCUT2D eigenvalue weighted by Gasteiger charge is -2.34. The fourth-order valence-corrected chi connectivity index (χ4v) is 5.80. The van der Waals surface area contributed by atoms with Crippen LogP contribution in [0.25, 0.3) is 11.1 Å². The number of rotatable bonds is 8. The Balaban J connectivity index is 1.47. The van der Waals surface area contributed by atoms with Crippen molar-refractivity contribution in [1.82, 2.24) is 9.88 Å². The summed E-state index contributed by atoms with van der Waals surface area (Å²) >= 11 is 0. The van der Waals surface area contributed by atoms with E-state index < -0.39 is 11.9 Å². The van der Waals surface area contributed by atoms with Gasteiger partial charge in [0.2, 0.25) is 5.88 Å². The van der Waals surface area contributed by atoms with Crippen LogP contribution in [0.15, 0.2) is 54.7 Å². The first-order valence-corrected chi connectivity index (χ1v) is 13.6. The molecule has 38 heavy (non-hydrogen) atoms. The maximum absolute atomic E-state index is 11.4. The van der Waals surface area contributed by atoms with Crippen molar-refractivity contribution in [3.05, 3.63) is 77.0 Å². The first kappa shape index (κ1) is 26.2. The Kier molecular flexibility index (Phi) is 7.44. The van der Waals surface area contributed by atoms with Gasteiger partial charge in [0, 0.05) is 24.3 Å². The van der Waals surface area contributed by atoms with Crippen molar-refractivity contribution < 1.29 is 19.4 Å². The molecule has 3 heterocycles. The van der Waals surface area contributed by atoms with Crippen LogP contribution in [0.5, 0.6) is 11.6 Å². The summed E-state index contributed by atoms with van der Waals surface area (Å²) in [4.78, 5) is 18.2. The molecule has 5 rings (SSSR count). The van der Waals surface area contributed by atoms with Crippen molar-refractivity contribution in [2.24, 2.45) is 5.92 Å². The second-order valence-electron chi connectivity index (χ2n) is 11.4. The van der Waals surface area contributed by atoms with Crippen LogP contribution in [0, 0.1) is 5.92 Å². The number of benzene rings is 2. The largest absolute Gasteiger partial charge is 0.485 e. The summed E-state index contributed by atoms with van der Waals surface area (Å²) in [6, 6.07) is 16.9. The van der Waals surface area contributed by atoms with Gasteiger partial charge >= 0.3 is 5.97 Å². The van der Waals surface area contributed by atoms with Crippen LogP contribution in [0.4, 0.5) is 0 Å². The Bertz CT molecular complexity index is 1320. The summed E-state index contributed by atoms with van der Waals surface area (Å²) in [6.07, 6.45) is 6.51. The third kappa shape index (κ3) is 5.56. The number of carboxylic acids is 1. The highest BCUT2D eigenvalue weighted by atomic mass is 16.5. The van der Waals surface area contributed by atoms with Crippen LogP contribution in [-0.4, -0.2) is 40.2 Å². The minimum Gasteiger partial charge on any atom is -0.485 e. The molecule has 0 saturated carbocycles. The number of likely N-dealkylation sites (tertiary alicyclic amines) is 1. The number of nitrogens with zero attached hydrogens (tertiary/aromatic N) is 2. The molecule has 2 aliphatic rings. The zero-order valence-corrected chi connectivity index (χ0v) is 22.9. The summed E-state index contributed by atoms with van der Waals surface area (Å²) in [5, 5.41) is 9.35. The molecule has 1 aromatic heterocycles. The molecule has 0 aliphatic carbocycles. The summed E-state index contributed by atoms with van der Waals surface area (Å²) in [6.45, 7) is 8.40. The Morgan fingerprint density at radius 3 is 2.74 bits per heavy atom. The molecule has 0 radical (unpaired) electrons. The standard InChI is InChI=1S/C32H38N2O4/c1-21(31(35)36)16-22-6-7-23-9-11-28(38-29(23)17-22)27-10-8-24(25-12-14-33-30(19-25)37-4)18-26(27)20-34-15-5-13-32(34,2)3/h6-8,10,12,14,17-19,21,28H,5,9,11,13,15-16,20H2,1-4H3,(H,35,36). The van der Waals surface area contributed by atoms with E-state index in [2.05, 4.69) is 48.0 Å². The molecule has 3 aromatic rings.